The zero-order chi connectivity index (χ0) is 20.8. The number of benzene rings is 2. The van der Waals surface area contributed by atoms with E-state index in [-0.39, 0.29) is 29.2 Å². The van der Waals surface area contributed by atoms with Gasteiger partial charge < -0.3 is 10.6 Å². The summed E-state index contributed by atoms with van der Waals surface area (Å²) in [5.74, 6) is -1.94. The molecule has 0 bridgehead atoms. The summed E-state index contributed by atoms with van der Waals surface area (Å²) in [6.45, 7) is 1.86. The number of carbonyl (C=O) groups excluding carboxylic acids is 2. The van der Waals surface area contributed by atoms with E-state index in [9.17, 15) is 18.4 Å². The van der Waals surface area contributed by atoms with E-state index in [0.29, 0.717) is 5.56 Å². The minimum absolute atomic E-state index is 0.0887. The van der Waals surface area contributed by atoms with E-state index in [4.69, 9.17) is 11.6 Å². The number of nitrogens with zero attached hydrogens (tertiary/aromatic N) is 1. The van der Waals surface area contributed by atoms with Crippen LogP contribution in [0.3, 0.4) is 0 Å². The Bertz CT molecular complexity index is 854. The average molecular weight is 410 g/mol. The van der Waals surface area contributed by atoms with E-state index in [2.05, 4.69) is 10.6 Å². The normalized spacial score (nSPS) is 12.0. The van der Waals surface area contributed by atoms with Gasteiger partial charge >= 0.3 is 0 Å². The highest BCUT2D eigenvalue weighted by atomic mass is 35.5. The monoisotopic (exact) mass is 409 g/mol. The van der Waals surface area contributed by atoms with Crippen molar-refractivity contribution in [3.05, 3.63) is 69.7 Å². The number of hydrogen-bond acceptors (Lipinski definition) is 3. The summed E-state index contributed by atoms with van der Waals surface area (Å²) in [6, 6.07) is 7.51. The predicted molar refractivity (Wildman–Crippen MR) is 104 cm³/mol. The van der Waals surface area contributed by atoms with Crippen LogP contribution < -0.4 is 10.6 Å². The van der Waals surface area contributed by atoms with Gasteiger partial charge in [0.15, 0.2) is 0 Å². The molecule has 0 radical (unpaired) electrons. The van der Waals surface area contributed by atoms with Crippen LogP contribution in [0.1, 0.15) is 27.5 Å². The first-order chi connectivity index (χ1) is 13.2. The molecule has 1 atom stereocenters. The molecule has 5 nitrogen and oxygen atoms in total. The third-order valence-corrected chi connectivity index (χ3v) is 4.51. The van der Waals surface area contributed by atoms with Crippen molar-refractivity contribution in [1.82, 2.24) is 15.5 Å². The van der Waals surface area contributed by atoms with E-state index in [1.165, 1.54) is 30.3 Å². The Kier molecular flexibility index (Phi) is 7.48. The van der Waals surface area contributed by atoms with Gasteiger partial charge in [0.25, 0.3) is 5.91 Å². The molecule has 0 aliphatic carbocycles. The van der Waals surface area contributed by atoms with E-state index in [0.717, 1.165) is 6.07 Å². The quantitative estimate of drug-likeness (QED) is 0.691. The first kappa shape index (κ1) is 21.8. The lowest BCUT2D eigenvalue weighted by Crippen LogP contribution is -2.41. The average Bonchev–Trinajstić information content (AvgIpc) is 2.63. The first-order valence-corrected chi connectivity index (χ1v) is 9.02. The summed E-state index contributed by atoms with van der Waals surface area (Å²) >= 11 is 6.07. The van der Waals surface area contributed by atoms with Crippen molar-refractivity contribution in [2.24, 2.45) is 0 Å². The van der Waals surface area contributed by atoms with Gasteiger partial charge in [-0.15, -0.1) is 0 Å². The van der Waals surface area contributed by atoms with Crippen LogP contribution in [-0.4, -0.2) is 43.9 Å². The second-order valence-corrected chi connectivity index (χ2v) is 6.92. The van der Waals surface area contributed by atoms with Gasteiger partial charge in [0.2, 0.25) is 5.91 Å². The molecular weight excluding hydrogens is 388 g/mol. The molecule has 2 amide bonds. The molecule has 2 N–H and O–H groups in total. The minimum atomic E-state index is -0.921. The smallest absolute Gasteiger partial charge is 0.251 e. The van der Waals surface area contributed by atoms with Crippen LogP contribution in [0.4, 0.5) is 8.78 Å². The Morgan fingerprint density at radius 1 is 1.07 bits per heavy atom. The highest BCUT2D eigenvalue weighted by molar-refractivity contribution is 6.31. The van der Waals surface area contributed by atoms with Crippen molar-refractivity contribution in [2.75, 3.05) is 27.2 Å². The number of rotatable bonds is 7. The van der Waals surface area contributed by atoms with E-state index in [1.54, 1.807) is 25.9 Å². The Morgan fingerprint density at radius 3 is 2.36 bits per heavy atom. The molecule has 0 spiro atoms. The number of nitrogens with one attached hydrogen (secondary N) is 2. The van der Waals surface area contributed by atoms with Crippen molar-refractivity contribution in [1.29, 1.82) is 0 Å². The van der Waals surface area contributed by atoms with Gasteiger partial charge in [-0.05, 0) is 50.8 Å². The van der Waals surface area contributed by atoms with Gasteiger partial charge in [0.05, 0.1) is 0 Å². The first-order valence-electron chi connectivity index (χ1n) is 8.64. The fourth-order valence-electron chi connectivity index (χ4n) is 2.69. The molecule has 0 heterocycles. The molecule has 0 saturated carbocycles. The van der Waals surface area contributed by atoms with Gasteiger partial charge in [0.1, 0.15) is 17.7 Å². The van der Waals surface area contributed by atoms with Crippen molar-refractivity contribution < 1.29 is 18.4 Å². The summed E-state index contributed by atoms with van der Waals surface area (Å²) in [5, 5.41) is 5.40. The van der Waals surface area contributed by atoms with Crippen LogP contribution in [0.5, 0.6) is 0 Å². The van der Waals surface area contributed by atoms with Crippen LogP contribution in [-0.2, 0) is 4.79 Å². The number of likely N-dealkylation sites (N-methyl/N-ethyl adjacent to an activating group) is 1. The van der Waals surface area contributed by atoms with Gasteiger partial charge in [0, 0.05) is 29.2 Å². The van der Waals surface area contributed by atoms with Crippen LogP contribution in [0.15, 0.2) is 36.4 Å². The minimum Gasteiger partial charge on any atom is -0.353 e. The largest absolute Gasteiger partial charge is 0.353 e. The van der Waals surface area contributed by atoms with Crippen molar-refractivity contribution >= 4 is 23.4 Å². The highest BCUT2D eigenvalue weighted by Gasteiger charge is 2.27. The maximum atomic E-state index is 14.2. The lowest BCUT2D eigenvalue weighted by atomic mass is 10.0. The lowest BCUT2D eigenvalue weighted by molar-refractivity contribution is -0.125. The molecular formula is C20H22ClF2N3O2. The predicted octanol–water partition coefficient (Wildman–Crippen LogP) is 3.08. The van der Waals surface area contributed by atoms with Crippen LogP contribution in [0, 0.1) is 18.6 Å². The van der Waals surface area contributed by atoms with E-state index < -0.39 is 29.5 Å². The number of halogens is 3. The molecule has 2 aromatic rings. The van der Waals surface area contributed by atoms with Crippen molar-refractivity contribution in [3.8, 4) is 0 Å². The molecule has 150 valence electrons. The van der Waals surface area contributed by atoms with E-state index in [1.807, 2.05) is 0 Å². The molecule has 0 aliphatic rings. The second-order valence-electron chi connectivity index (χ2n) is 6.51. The standard InChI is InChI=1S/C20H22ClF2N3O2/c1-12-7-8-13(11-16(12)23)19(27)24-9-10-25-20(28)18(26(2)3)17-14(21)5-4-6-15(17)22/h4-8,11,18H,9-10H2,1-3H3,(H,24,27)(H,25,28)/t18-/m0/s1. The number of carbonyl (C=O) groups is 2. The van der Waals surface area contributed by atoms with Gasteiger partial charge in [-0.25, -0.2) is 8.78 Å². The molecule has 2 rings (SSSR count). The molecule has 8 heteroatoms. The molecule has 0 aromatic heterocycles. The molecule has 2 aromatic carbocycles. The summed E-state index contributed by atoms with van der Waals surface area (Å²) in [5.41, 5.74) is 0.731. The molecule has 0 saturated heterocycles. The SMILES string of the molecule is Cc1ccc(C(=O)NCCNC(=O)[C@H](c2c(F)cccc2Cl)N(C)C)cc1F. The zero-order valence-electron chi connectivity index (χ0n) is 15.9. The highest BCUT2D eigenvalue weighted by Crippen LogP contribution is 2.28. The Morgan fingerprint density at radius 2 is 1.75 bits per heavy atom. The van der Waals surface area contributed by atoms with E-state index >= 15 is 0 Å². The molecule has 0 aliphatic heterocycles. The summed E-state index contributed by atoms with van der Waals surface area (Å²) < 4.78 is 27.7. The number of hydrogen-bond donors (Lipinski definition) is 2. The lowest BCUT2D eigenvalue weighted by Gasteiger charge is -2.25. The topological polar surface area (TPSA) is 61.4 Å². The van der Waals surface area contributed by atoms with Crippen LogP contribution >= 0.6 is 11.6 Å². The number of amides is 2. The van der Waals surface area contributed by atoms with Gasteiger partial charge in [-0.3, -0.25) is 14.5 Å². The summed E-state index contributed by atoms with van der Waals surface area (Å²) in [6.07, 6.45) is 0. The third kappa shape index (κ3) is 5.27. The van der Waals surface area contributed by atoms with Crippen LogP contribution in [0.25, 0.3) is 0 Å². The van der Waals surface area contributed by atoms with Gasteiger partial charge in [-0.1, -0.05) is 23.7 Å². The zero-order valence-corrected chi connectivity index (χ0v) is 16.6. The second kappa shape index (κ2) is 9.61. The van der Waals surface area contributed by atoms with Crippen molar-refractivity contribution in [2.45, 2.75) is 13.0 Å². The number of aryl methyl sites for hydroxylation is 1. The molecule has 0 unspecified atom stereocenters. The van der Waals surface area contributed by atoms with Crippen LogP contribution in [0.2, 0.25) is 5.02 Å². The molecule has 28 heavy (non-hydrogen) atoms. The Hall–Kier alpha value is -2.51. The Balaban J connectivity index is 1.94. The van der Waals surface area contributed by atoms with Crippen molar-refractivity contribution in [3.63, 3.8) is 0 Å². The summed E-state index contributed by atoms with van der Waals surface area (Å²) in [4.78, 5) is 26.1. The fraction of sp³-hybridized carbons (Fsp3) is 0.300. The molecule has 0 fully saturated rings. The third-order valence-electron chi connectivity index (χ3n) is 4.18. The maximum absolute atomic E-state index is 14.2. The summed E-state index contributed by atoms with van der Waals surface area (Å²) in [7, 11) is 3.28. The van der Waals surface area contributed by atoms with Gasteiger partial charge in [-0.2, -0.15) is 0 Å². The Labute approximate surface area is 167 Å². The fourth-order valence-corrected chi connectivity index (χ4v) is 2.96. The maximum Gasteiger partial charge on any atom is 0.251 e.